The molecule has 0 bridgehead atoms. The fourth-order valence-corrected chi connectivity index (χ4v) is 3.13. The largest absolute Gasteiger partial charge is 0.484 e. The summed E-state index contributed by atoms with van der Waals surface area (Å²) in [5.74, 6) is -1.35. The van der Waals surface area contributed by atoms with Crippen molar-refractivity contribution < 1.29 is 23.9 Å². The average Bonchev–Trinajstić information content (AvgIpc) is 3.36. The highest BCUT2D eigenvalue weighted by Crippen LogP contribution is 2.13. The van der Waals surface area contributed by atoms with Crippen LogP contribution in [0.4, 0.5) is 5.69 Å². The Morgan fingerprint density at radius 2 is 1.85 bits per heavy atom. The van der Waals surface area contributed by atoms with E-state index in [1.54, 1.807) is 24.3 Å². The summed E-state index contributed by atoms with van der Waals surface area (Å²) in [4.78, 5) is 35.6. The number of anilines is 1. The van der Waals surface area contributed by atoms with Crippen molar-refractivity contribution in [3.05, 3.63) is 59.7 Å². The molecular weight excluding hydrogens is 424 g/mol. The predicted molar refractivity (Wildman–Crippen MR) is 124 cm³/mol. The van der Waals surface area contributed by atoms with Gasteiger partial charge in [-0.25, -0.2) is 5.43 Å². The van der Waals surface area contributed by atoms with Crippen molar-refractivity contribution in [1.82, 2.24) is 10.7 Å². The number of hydrogen-bond donors (Lipinski definition) is 3. The van der Waals surface area contributed by atoms with Crippen molar-refractivity contribution in [3.8, 4) is 5.75 Å². The molecule has 9 nitrogen and oxygen atoms in total. The van der Waals surface area contributed by atoms with Gasteiger partial charge >= 0.3 is 11.8 Å². The van der Waals surface area contributed by atoms with Crippen LogP contribution in [0.25, 0.3) is 0 Å². The lowest BCUT2D eigenvalue weighted by Gasteiger charge is -2.09. The van der Waals surface area contributed by atoms with E-state index in [2.05, 4.69) is 28.1 Å². The molecular formula is C24H28N4O5. The molecule has 3 amide bonds. The Hall–Kier alpha value is -3.72. The molecule has 2 aromatic carbocycles. The minimum atomic E-state index is -0.848. The van der Waals surface area contributed by atoms with Crippen molar-refractivity contribution in [2.45, 2.75) is 32.3 Å². The van der Waals surface area contributed by atoms with Gasteiger partial charge in [0.2, 0.25) is 0 Å². The van der Waals surface area contributed by atoms with Crippen LogP contribution in [0.15, 0.2) is 53.6 Å². The average molecular weight is 453 g/mol. The molecule has 1 fully saturated rings. The van der Waals surface area contributed by atoms with Crippen LogP contribution in [-0.4, -0.2) is 49.8 Å². The number of ether oxygens (including phenoxy) is 2. The topological polar surface area (TPSA) is 118 Å². The highest BCUT2D eigenvalue weighted by molar-refractivity contribution is 6.35. The van der Waals surface area contributed by atoms with Gasteiger partial charge in [0.1, 0.15) is 5.75 Å². The molecule has 2 aromatic rings. The van der Waals surface area contributed by atoms with Gasteiger partial charge in [0.25, 0.3) is 5.91 Å². The number of carbonyl (C=O) groups excluding carboxylic acids is 3. The molecule has 3 rings (SSSR count). The van der Waals surface area contributed by atoms with Crippen LogP contribution >= 0.6 is 0 Å². The summed E-state index contributed by atoms with van der Waals surface area (Å²) in [5, 5.41) is 9.09. The summed E-state index contributed by atoms with van der Waals surface area (Å²) < 4.78 is 10.9. The zero-order valence-electron chi connectivity index (χ0n) is 18.5. The lowest BCUT2D eigenvalue weighted by Crippen LogP contribution is -2.41. The van der Waals surface area contributed by atoms with Gasteiger partial charge in [-0.3, -0.25) is 14.4 Å². The fourth-order valence-electron chi connectivity index (χ4n) is 3.13. The molecule has 9 heteroatoms. The summed E-state index contributed by atoms with van der Waals surface area (Å²) in [6.07, 6.45) is 4.14. The van der Waals surface area contributed by atoms with Gasteiger partial charge < -0.3 is 20.1 Å². The van der Waals surface area contributed by atoms with E-state index in [0.29, 0.717) is 24.5 Å². The molecule has 174 valence electrons. The third-order valence-corrected chi connectivity index (χ3v) is 5.00. The van der Waals surface area contributed by atoms with E-state index >= 15 is 0 Å². The van der Waals surface area contributed by atoms with E-state index in [1.807, 2.05) is 24.3 Å². The second kappa shape index (κ2) is 12.4. The second-order valence-electron chi connectivity index (χ2n) is 7.50. The van der Waals surface area contributed by atoms with E-state index < -0.39 is 11.8 Å². The zero-order valence-corrected chi connectivity index (χ0v) is 18.5. The Labute approximate surface area is 192 Å². The molecule has 1 saturated heterocycles. The molecule has 33 heavy (non-hydrogen) atoms. The maximum atomic E-state index is 12.1. The second-order valence-corrected chi connectivity index (χ2v) is 7.50. The molecule has 0 unspecified atom stereocenters. The van der Waals surface area contributed by atoms with Crippen LogP contribution < -0.4 is 20.8 Å². The Kier molecular flexibility index (Phi) is 8.96. The molecule has 1 heterocycles. The number of benzene rings is 2. The van der Waals surface area contributed by atoms with Gasteiger partial charge in [0.15, 0.2) is 6.61 Å². The zero-order chi connectivity index (χ0) is 23.5. The first-order valence-electron chi connectivity index (χ1n) is 10.9. The molecule has 0 saturated carbocycles. The lowest BCUT2D eigenvalue weighted by atomic mass is 10.1. The number of hydrogen-bond acceptors (Lipinski definition) is 6. The van der Waals surface area contributed by atoms with Gasteiger partial charge in [-0.15, -0.1) is 0 Å². The standard InChI is InChI=1S/C24H28N4O5/c1-2-17-5-9-19(10-6-17)27-22(29)16-33-20-11-7-18(8-12-20)14-26-28-24(31)23(30)25-15-21-4-3-13-32-21/h5-12,14,21H,2-4,13,15-16H2,1H3,(H,25,30)(H,27,29)(H,28,31)/b26-14-/t21-/m0/s1. The van der Waals surface area contributed by atoms with E-state index in [4.69, 9.17) is 9.47 Å². The number of aryl methyl sites for hydroxylation is 1. The molecule has 1 atom stereocenters. The Morgan fingerprint density at radius 1 is 1.09 bits per heavy atom. The van der Waals surface area contributed by atoms with Crippen LogP contribution in [0.5, 0.6) is 5.75 Å². The SMILES string of the molecule is CCc1ccc(NC(=O)COc2ccc(/C=N\NC(=O)C(=O)NC[C@@H]3CCCO3)cc2)cc1. The third kappa shape index (κ3) is 8.04. The predicted octanol–water partition coefficient (Wildman–Crippen LogP) is 2.01. The van der Waals surface area contributed by atoms with Crippen molar-refractivity contribution in [3.63, 3.8) is 0 Å². The normalized spacial score (nSPS) is 15.2. The first-order chi connectivity index (χ1) is 16.0. The van der Waals surface area contributed by atoms with Gasteiger partial charge in [0.05, 0.1) is 12.3 Å². The highest BCUT2D eigenvalue weighted by Gasteiger charge is 2.18. The number of carbonyl (C=O) groups is 3. The number of nitrogens with zero attached hydrogens (tertiary/aromatic N) is 1. The maximum absolute atomic E-state index is 12.1. The minimum absolute atomic E-state index is 0.0376. The van der Waals surface area contributed by atoms with Crippen LogP contribution in [-0.2, 0) is 25.5 Å². The molecule has 0 spiro atoms. The minimum Gasteiger partial charge on any atom is -0.484 e. The summed E-state index contributed by atoms with van der Waals surface area (Å²) in [6.45, 7) is 2.93. The number of hydrazone groups is 1. The molecule has 1 aliphatic rings. The van der Waals surface area contributed by atoms with Crippen molar-refractivity contribution >= 4 is 29.6 Å². The third-order valence-electron chi connectivity index (χ3n) is 5.00. The molecule has 0 aromatic heterocycles. The Bertz CT molecular complexity index is 967. The van der Waals surface area contributed by atoms with Gasteiger partial charge in [-0.2, -0.15) is 5.10 Å². The van der Waals surface area contributed by atoms with Crippen LogP contribution in [0, 0.1) is 0 Å². The van der Waals surface area contributed by atoms with Crippen LogP contribution in [0.1, 0.15) is 30.9 Å². The van der Waals surface area contributed by atoms with Crippen LogP contribution in [0.2, 0.25) is 0 Å². The smallest absolute Gasteiger partial charge is 0.329 e. The maximum Gasteiger partial charge on any atom is 0.329 e. The number of rotatable bonds is 9. The van der Waals surface area contributed by atoms with Crippen molar-refractivity contribution in [2.24, 2.45) is 5.10 Å². The summed E-state index contributed by atoms with van der Waals surface area (Å²) in [7, 11) is 0. The first-order valence-corrected chi connectivity index (χ1v) is 10.9. The molecule has 1 aliphatic heterocycles. The fraction of sp³-hybridized carbons (Fsp3) is 0.333. The quantitative estimate of drug-likeness (QED) is 0.306. The van der Waals surface area contributed by atoms with E-state index in [1.165, 1.54) is 11.8 Å². The summed E-state index contributed by atoms with van der Waals surface area (Å²) in [6, 6.07) is 14.4. The Morgan fingerprint density at radius 3 is 2.52 bits per heavy atom. The first kappa shape index (κ1) is 23.9. The molecule has 3 N–H and O–H groups in total. The van der Waals surface area contributed by atoms with Crippen molar-refractivity contribution in [1.29, 1.82) is 0 Å². The molecule has 0 aliphatic carbocycles. The van der Waals surface area contributed by atoms with E-state index in [-0.39, 0.29) is 18.6 Å². The Balaban J connectivity index is 1.37. The summed E-state index contributed by atoms with van der Waals surface area (Å²) in [5.41, 5.74) is 4.78. The van der Waals surface area contributed by atoms with Gasteiger partial charge in [-0.05, 0) is 66.8 Å². The monoisotopic (exact) mass is 452 g/mol. The van der Waals surface area contributed by atoms with Crippen LogP contribution in [0.3, 0.4) is 0 Å². The number of amides is 3. The lowest BCUT2D eigenvalue weighted by molar-refractivity contribution is -0.139. The van der Waals surface area contributed by atoms with Gasteiger partial charge in [-0.1, -0.05) is 19.1 Å². The highest BCUT2D eigenvalue weighted by atomic mass is 16.5. The van der Waals surface area contributed by atoms with Crippen molar-refractivity contribution in [2.75, 3.05) is 25.1 Å². The molecule has 0 radical (unpaired) electrons. The summed E-state index contributed by atoms with van der Waals surface area (Å²) >= 11 is 0. The number of nitrogens with one attached hydrogen (secondary N) is 3. The van der Waals surface area contributed by atoms with E-state index in [0.717, 1.165) is 24.9 Å². The van der Waals surface area contributed by atoms with E-state index in [9.17, 15) is 14.4 Å². The van der Waals surface area contributed by atoms with Gasteiger partial charge in [0, 0.05) is 18.8 Å².